The molecule has 0 aliphatic carbocycles. The van der Waals surface area contributed by atoms with Crippen LogP contribution in [0, 0.1) is 0 Å². The van der Waals surface area contributed by atoms with Crippen molar-refractivity contribution in [3.63, 3.8) is 0 Å². The molecule has 4 N–H and O–H groups in total. The van der Waals surface area contributed by atoms with Crippen molar-refractivity contribution in [2.24, 2.45) is 11.5 Å². The van der Waals surface area contributed by atoms with E-state index in [0.29, 0.717) is 6.42 Å². The maximum Gasteiger partial charge on any atom is 0.234 e. The number of carbonyl (C=O) groups excluding carboxylic acids is 1. The molecule has 0 aliphatic rings. The first-order chi connectivity index (χ1) is 6.61. The Kier molecular flexibility index (Phi) is 7.42. The van der Waals surface area contributed by atoms with Gasteiger partial charge in [-0.25, -0.2) is 0 Å². The molecule has 14 heavy (non-hydrogen) atoms. The van der Waals surface area contributed by atoms with Crippen molar-refractivity contribution in [2.45, 2.75) is 39.2 Å². The number of primary amides is 1. The molecule has 0 bridgehead atoms. The standard InChI is InChI=1S/C10H23N3O/c1-3-6-13(7-4-2)8-5-9(11)10(12)14/h9H,3-8,11H2,1-2H3,(H2,12,14). The third-order valence-electron chi connectivity index (χ3n) is 2.20. The van der Waals surface area contributed by atoms with Crippen LogP contribution in [0.4, 0.5) is 0 Å². The Morgan fingerprint density at radius 2 is 1.71 bits per heavy atom. The van der Waals surface area contributed by atoms with E-state index in [1.165, 1.54) is 0 Å². The molecule has 1 amide bonds. The van der Waals surface area contributed by atoms with Gasteiger partial charge in [0.25, 0.3) is 0 Å². The molecule has 0 aromatic rings. The molecule has 0 radical (unpaired) electrons. The number of rotatable bonds is 8. The summed E-state index contributed by atoms with van der Waals surface area (Å²) >= 11 is 0. The van der Waals surface area contributed by atoms with Crippen LogP contribution >= 0.6 is 0 Å². The van der Waals surface area contributed by atoms with E-state index < -0.39 is 11.9 Å². The molecule has 0 fully saturated rings. The average Bonchev–Trinajstić information content (AvgIpc) is 2.14. The number of hydrogen-bond acceptors (Lipinski definition) is 3. The van der Waals surface area contributed by atoms with Crippen LogP contribution in [0.5, 0.6) is 0 Å². The summed E-state index contributed by atoms with van der Waals surface area (Å²) in [5.41, 5.74) is 10.6. The Morgan fingerprint density at radius 3 is 2.07 bits per heavy atom. The molecule has 0 aliphatic heterocycles. The van der Waals surface area contributed by atoms with E-state index in [-0.39, 0.29) is 0 Å². The van der Waals surface area contributed by atoms with Gasteiger partial charge in [0.05, 0.1) is 6.04 Å². The van der Waals surface area contributed by atoms with Crippen molar-refractivity contribution in [3.05, 3.63) is 0 Å². The van der Waals surface area contributed by atoms with Crippen LogP contribution < -0.4 is 11.5 Å². The van der Waals surface area contributed by atoms with Crippen LogP contribution in [-0.2, 0) is 4.79 Å². The molecule has 1 atom stereocenters. The topological polar surface area (TPSA) is 72.3 Å². The van der Waals surface area contributed by atoms with Gasteiger partial charge >= 0.3 is 0 Å². The quantitative estimate of drug-likeness (QED) is 0.593. The summed E-state index contributed by atoms with van der Waals surface area (Å²) in [6.07, 6.45) is 2.92. The van der Waals surface area contributed by atoms with E-state index >= 15 is 0 Å². The summed E-state index contributed by atoms with van der Waals surface area (Å²) < 4.78 is 0. The van der Waals surface area contributed by atoms with Crippen molar-refractivity contribution in [1.29, 1.82) is 0 Å². The maximum absolute atomic E-state index is 10.7. The largest absolute Gasteiger partial charge is 0.368 e. The zero-order valence-corrected chi connectivity index (χ0v) is 9.33. The third kappa shape index (κ3) is 5.94. The monoisotopic (exact) mass is 201 g/mol. The Hall–Kier alpha value is -0.610. The lowest BCUT2D eigenvalue weighted by Crippen LogP contribution is -2.40. The predicted molar refractivity (Wildman–Crippen MR) is 58.8 cm³/mol. The maximum atomic E-state index is 10.7. The van der Waals surface area contributed by atoms with Crippen LogP contribution in [0.3, 0.4) is 0 Å². The van der Waals surface area contributed by atoms with Crippen LogP contribution in [-0.4, -0.2) is 36.5 Å². The second-order valence-electron chi connectivity index (χ2n) is 3.64. The molecular weight excluding hydrogens is 178 g/mol. The molecule has 4 heteroatoms. The summed E-state index contributed by atoms with van der Waals surface area (Å²) in [5.74, 6) is -0.405. The molecule has 0 rings (SSSR count). The van der Waals surface area contributed by atoms with Gasteiger partial charge in [-0.05, 0) is 32.4 Å². The van der Waals surface area contributed by atoms with Gasteiger partial charge in [0.2, 0.25) is 5.91 Å². The van der Waals surface area contributed by atoms with Gasteiger partial charge in [0, 0.05) is 6.54 Å². The Balaban J connectivity index is 3.74. The Labute approximate surface area is 86.6 Å². The molecule has 0 aromatic heterocycles. The van der Waals surface area contributed by atoms with E-state index in [1.54, 1.807) is 0 Å². The van der Waals surface area contributed by atoms with Crippen LogP contribution in [0.15, 0.2) is 0 Å². The zero-order valence-electron chi connectivity index (χ0n) is 9.33. The molecular formula is C10H23N3O. The van der Waals surface area contributed by atoms with Gasteiger partial charge in [-0.1, -0.05) is 13.8 Å². The van der Waals surface area contributed by atoms with Gasteiger partial charge in [0.15, 0.2) is 0 Å². The fourth-order valence-corrected chi connectivity index (χ4v) is 1.43. The summed E-state index contributed by atoms with van der Waals surface area (Å²) in [4.78, 5) is 13.0. The lowest BCUT2D eigenvalue weighted by Gasteiger charge is -2.21. The van der Waals surface area contributed by atoms with Crippen molar-refractivity contribution < 1.29 is 4.79 Å². The summed E-state index contributed by atoms with van der Waals surface area (Å²) in [7, 11) is 0. The molecule has 0 saturated carbocycles. The highest BCUT2D eigenvalue weighted by Crippen LogP contribution is 1.98. The van der Waals surface area contributed by atoms with E-state index in [1.807, 2.05) is 0 Å². The van der Waals surface area contributed by atoms with Crippen molar-refractivity contribution in [3.8, 4) is 0 Å². The van der Waals surface area contributed by atoms with Gasteiger partial charge in [-0.3, -0.25) is 4.79 Å². The van der Waals surface area contributed by atoms with Gasteiger partial charge < -0.3 is 16.4 Å². The normalized spacial score (nSPS) is 13.1. The first-order valence-electron chi connectivity index (χ1n) is 5.39. The number of nitrogens with zero attached hydrogens (tertiary/aromatic N) is 1. The Morgan fingerprint density at radius 1 is 1.21 bits per heavy atom. The second-order valence-corrected chi connectivity index (χ2v) is 3.64. The lowest BCUT2D eigenvalue weighted by atomic mass is 10.2. The van der Waals surface area contributed by atoms with Gasteiger partial charge in [-0.15, -0.1) is 0 Å². The van der Waals surface area contributed by atoms with Gasteiger partial charge in [-0.2, -0.15) is 0 Å². The predicted octanol–water partition coefficient (Wildman–Crippen LogP) is 0.311. The van der Waals surface area contributed by atoms with Gasteiger partial charge in [0.1, 0.15) is 0 Å². The minimum atomic E-state index is -0.494. The SMILES string of the molecule is CCCN(CCC)CCC(N)C(N)=O. The molecule has 0 aromatic carbocycles. The minimum Gasteiger partial charge on any atom is -0.368 e. The summed E-state index contributed by atoms with van der Waals surface area (Å²) in [6, 6.07) is -0.494. The van der Waals surface area contributed by atoms with E-state index in [4.69, 9.17) is 11.5 Å². The highest BCUT2D eigenvalue weighted by atomic mass is 16.1. The van der Waals surface area contributed by atoms with Crippen LogP contribution in [0.1, 0.15) is 33.1 Å². The first kappa shape index (κ1) is 13.4. The fraction of sp³-hybridized carbons (Fsp3) is 0.900. The first-order valence-corrected chi connectivity index (χ1v) is 5.39. The molecule has 0 heterocycles. The minimum absolute atomic E-state index is 0.405. The molecule has 0 spiro atoms. The summed E-state index contributed by atoms with van der Waals surface area (Å²) in [5, 5.41) is 0. The number of nitrogens with two attached hydrogens (primary N) is 2. The van der Waals surface area contributed by atoms with Crippen LogP contribution in [0.25, 0.3) is 0 Å². The van der Waals surface area contributed by atoms with E-state index in [0.717, 1.165) is 32.5 Å². The smallest absolute Gasteiger partial charge is 0.234 e. The van der Waals surface area contributed by atoms with Crippen molar-refractivity contribution >= 4 is 5.91 Å². The molecule has 4 nitrogen and oxygen atoms in total. The third-order valence-corrected chi connectivity index (χ3v) is 2.20. The van der Waals surface area contributed by atoms with Crippen molar-refractivity contribution in [1.82, 2.24) is 4.90 Å². The molecule has 84 valence electrons. The zero-order chi connectivity index (χ0) is 11.0. The number of hydrogen-bond donors (Lipinski definition) is 2. The van der Waals surface area contributed by atoms with E-state index in [2.05, 4.69) is 18.7 Å². The highest BCUT2D eigenvalue weighted by Gasteiger charge is 2.11. The molecule has 1 unspecified atom stereocenters. The summed E-state index contributed by atoms with van der Waals surface area (Å²) in [6.45, 7) is 7.30. The molecule has 0 saturated heterocycles. The van der Waals surface area contributed by atoms with Crippen LogP contribution in [0.2, 0.25) is 0 Å². The lowest BCUT2D eigenvalue weighted by molar-refractivity contribution is -0.119. The average molecular weight is 201 g/mol. The second kappa shape index (κ2) is 7.76. The number of carbonyl (C=O) groups is 1. The van der Waals surface area contributed by atoms with E-state index in [9.17, 15) is 4.79 Å². The van der Waals surface area contributed by atoms with Crippen molar-refractivity contribution in [2.75, 3.05) is 19.6 Å². The number of amides is 1. The fourth-order valence-electron chi connectivity index (χ4n) is 1.43. The highest BCUT2D eigenvalue weighted by molar-refractivity contribution is 5.79. The Bertz CT molecular complexity index is 155.